The zero-order valence-electron chi connectivity index (χ0n) is 9.16. The van der Waals surface area contributed by atoms with Crippen molar-refractivity contribution >= 4 is 5.91 Å². The molecule has 0 bridgehead atoms. The van der Waals surface area contributed by atoms with E-state index in [0.29, 0.717) is 12.1 Å². The summed E-state index contributed by atoms with van der Waals surface area (Å²) in [6, 6.07) is 3.58. The van der Waals surface area contributed by atoms with Crippen LogP contribution in [0.15, 0.2) is 18.3 Å². The van der Waals surface area contributed by atoms with E-state index in [2.05, 4.69) is 10.3 Å². The molecule has 0 aliphatic rings. The minimum absolute atomic E-state index is 0.0681. The minimum atomic E-state index is -0.0681. The smallest absolute Gasteiger partial charge is 0.251 e. The third-order valence-corrected chi connectivity index (χ3v) is 2.14. The summed E-state index contributed by atoms with van der Waals surface area (Å²) in [5, 5.41) is 2.88. The van der Waals surface area contributed by atoms with E-state index < -0.39 is 0 Å². The van der Waals surface area contributed by atoms with Crippen LogP contribution < -0.4 is 11.1 Å². The van der Waals surface area contributed by atoms with E-state index >= 15 is 0 Å². The van der Waals surface area contributed by atoms with Crippen molar-refractivity contribution in [1.82, 2.24) is 10.3 Å². The van der Waals surface area contributed by atoms with E-state index in [-0.39, 0.29) is 11.9 Å². The van der Waals surface area contributed by atoms with Crippen LogP contribution >= 0.6 is 0 Å². The summed E-state index contributed by atoms with van der Waals surface area (Å²) in [4.78, 5) is 15.7. The van der Waals surface area contributed by atoms with Crippen LogP contribution in [-0.4, -0.2) is 23.5 Å². The molecular formula is C11H17N3O. The molecule has 0 radical (unpaired) electrons. The Hall–Kier alpha value is -1.42. The molecule has 82 valence electrons. The van der Waals surface area contributed by atoms with Crippen LogP contribution in [-0.2, 0) is 0 Å². The van der Waals surface area contributed by atoms with Crippen LogP contribution in [0.1, 0.15) is 29.4 Å². The van der Waals surface area contributed by atoms with E-state index in [4.69, 9.17) is 5.73 Å². The molecule has 4 heteroatoms. The molecule has 1 rings (SSSR count). The largest absolute Gasteiger partial charge is 0.350 e. The van der Waals surface area contributed by atoms with Gasteiger partial charge in [0.15, 0.2) is 0 Å². The first kappa shape index (κ1) is 11.7. The fraction of sp³-hybridized carbons (Fsp3) is 0.455. The summed E-state index contributed by atoms with van der Waals surface area (Å²) in [6.07, 6.45) is 2.42. The molecule has 0 spiro atoms. The number of rotatable bonds is 4. The fourth-order valence-corrected chi connectivity index (χ4v) is 1.32. The van der Waals surface area contributed by atoms with Crippen molar-refractivity contribution in [3.8, 4) is 0 Å². The Labute approximate surface area is 89.9 Å². The summed E-state index contributed by atoms with van der Waals surface area (Å²) in [5.41, 5.74) is 6.89. The van der Waals surface area contributed by atoms with Gasteiger partial charge in [-0.1, -0.05) is 0 Å². The average molecular weight is 207 g/mol. The highest BCUT2D eigenvalue weighted by atomic mass is 16.1. The predicted octanol–water partition coefficient (Wildman–Crippen LogP) is 0.857. The van der Waals surface area contributed by atoms with Crippen LogP contribution in [0.5, 0.6) is 0 Å². The maximum absolute atomic E-state index is 11.7. The molecule has 0 saturated heterocycles. The summed E-state index contributed by atoms with van der Waals surface area (Å²) in [7, 11) is 0. The van der Waals surface area contributed by atoms with Gasteiger partial charge in [0.1, 0.15) is 0 Å². The summed E-state index contributed by atoms with van der Waals surface area (Å²) in [5.74, 6) is -0.0681. The number of aromatic nitrogens is 1. The van der Waals surface area contributed by atoms with Crippen molar-refractivity contribution in [2.75, 3.05) is 6.54 Å². The maximum Gasteiger partial charge on any atom is 0.251 e. The van der Waals surface area contributed by atoms with E-state index in [1.807, 2.05) is 13.8 Å². The molecule has 0 saturated carbocycles. The average Bonchev–Trinajstić information content (AvgIpc) is 2.18. The first-order chi connectivity index (χ1) is 7.13. The standard InChI is InChI=1S/C11H17N3O/c1-8(3-5-12)14-11(15)10-4-6-13-9(2)7-10/h4,6-8H,3,5,12H2,1-2H3,(H,14,15). The van der Waals surface area contributed by atoms with E-state index in [1.165, 1.54) is 0 Å². The van der Waals surface area contributed by atoms with Crippen molar-refractivity contribution < 1.29 is 4.79 Å². The Morgan fingerprint density at radius 1 is 1.67 bits per heavy atom. The number of pyridine rings is 1. The van der Waals surface area contributed by atoms with Crippen LogP contribution in [0.2, 0.25) is 0 Å². The molecule has 1 atom stereocenters. The lowest BCUT2D eigenvalue weighted by molar-refractivity contribution is 0.0938. The van der Waals surface area contributed by atoms with E-state index in [1.54, 1.807) is 18.3 Å². The van der Waals surface area contributed by atoms with Gasteiger partial charge in [0, 0.05) is 23.5 Å². The molecule has 4 nitrogen and oxygen atoms in total. The number of nitrogens with one attached hydrogen (secondary N) is 1. The normalized spacial score (nSPS) is 12.2. The zero-order valence-corrected chi connectivity index (χ0v) is 9.16. The van der Waals surface area contributed by atoms with Gasteiger partial charge in [-0.15, -0.1) is 0 Å². The first-order valence-electron chi connectivity index (χ1n) is 5.07. The summed E-state index contributed by atoms with van der Waals surface area (Å²) < 4.78 is 0. The van der Waals surface area contributed by atoms with E-state index in [0.717, 1.165) is 12.1 Å². The molecule has 3 N–H and O–H groups in total. The number of nitrogens with zero attached hydrogens (tertiary/aromatic N) is 1. The minimum Gasteiger partial charge on any atom is -0.350 e. The van der Waals surface area contributed by atoms with Gasteiger partial charge < -0.3 is 11.1 Å². The molecule has 1 heterocycles. The molecular weight excluding hydrogens is 190 g/mol. The van der Waals surface area contributed by atoms with Gasteiger partial charge in [-0.2, -0.15) is 0 Å². The first-order valence-corrected chi connectivity index (χ1v) is 5.07. The van der Waals surface area contributed by atoms with Crippen LogP contribution in [0.25, 0.3) is 0 Å². The van der Waals surface area contributed by atoms with Gasteiger partial charge in [0.25, 0.3) is 5.91 Å². The van der Waals surface area contributed by atoms with E-state index in [9.17, 15) is 4.79 Å². The summed E-state index contributed by atoms with van der Waals surface area (Å²) >= 11 is 0. The molecule has 1 unspecified atom stereocenters. The van der Waals surface area contributed by atoms with Crippen molar-refractivity contribution in [3.63, 3.8) is 0 Å². The highest BCUT2D eigenvalue weighted by Gasteiger charge is 2.08. The number of nitrogens with two attached hydrogens (primary N) is 1. The number of aryl methyl sites for hydroxylation is 1. The van der Waals surface area contributed by atoms with Crippen LogP contribution in [0.4, 0.5) is 0 Å². The quantitative estimate of drug-likeness (QED) is 0.769. The van der Waals surface area contributed by atoms with Crippen molar-refractivity contribution in [3.05, 3.63) is 29.6 Å². The monoisotopic (exact) mass is 207 g/mol. The second-order valence-electron chi connectivity index (χ2n) is 3.64. The fourth-order valence-electron chi connectivity index (χ4n) is 1.32. The molecule has 0 aliphatic carbocycles. The Balaban J connectivity index is 2.61. The Morgan fingerprint density at radius 2 is 2.40 bits per heavy atom. The molecule has 0 fully saturated rings. The van der Waals surface area contributed by atoms with Crippen molar-refractivity contribution in [1.29, 1.82) is 0 Å². The third-order valence-electron chi connectivity index (χ3n) is 2.14. The number of carbonyl (C=O) groups is 1. The zero-order chi connectivity index (χ0) is 11.3. The van der Waals surface area contributed by atoms with Crippen molar-refractivity contribution in [2.24, 2.45) is 5.73 Å². The van der Waals surface area contributed by atoms with Crippen LogP contribution in [0, 0.1) is 6.92 Å². The molecule has 0 aromatic carbocycles. The van der Waals surface area contributed by atoms with Crippen molar-refractivity contribution in [2.45, 2.75) is 26.3 Å². The molecule has 0 aliphatic heterocycles. The number of hydrogen-bond acceptors (Lipinski definition) is 3. The molecule has 1 aromatic heterocycles. The number of hydrogen-bond donors (Lipinski definition) is 2. The van der Waals surface area contributed by atoms with Gasteiger partial charge in [-0.05, 0) is 38.9 Å². The Bertz CT molecular complexity index is 338. The number of carbonyl (C=O) groups excluding carboxylic acids is 1. The highest BCUT2D eigenvalue weighted by molar-refractivity contribution is 5.94. The number of amides is 1. The Morgan fingerprint density at radius 3 is 3.00 bits per heavy atom. The molecule has 1 amide bonds. The van der Waals surface area contributed by atoms with Gasteiger partial charge in [0.05, 0.1) is 0 Å². The van der Waals surface area contributed by atoms with Crippen LogP contribution in [0.3, 0.4) is 0 Å². The Kier molecular flexibility index (Phi) is 4.24. The predicted molar refractivity (Wildman–Crippen MR) is 59.6 cm³/mol. The third kappa shape index (κ3) is 3.67. The van der Waals surface area contributed by atoms with Gasteiger partial charge in [0.2, 0.25) is 0 Å². The summed E-state index contributed by atoms with van der Waals surface area (Å²) in [6.45, 7) is 4.38. The second-order valence-corrected chi connectivity index (χ2v) is 3.64. The molecule has 1 aromatic rings. The lowest BCUT2D eigenvalue weighted by Gasteiger charge is -2.12. The van der Waals surface area contributed by atoms with Gasteiger partial charge in [-0.25, -0.2) is 0 Å². The lowest BCUT2D eigenvalue weighted by Crippen LogP contribution is -2.34. The maximum atomic E-state index is 11.7. The SMILES string of the molecule is Cc1cc(C(=O)NC(C)CCN)ccn1. The second kappa shape index (κ2) is 5.46. The van der Waals surface area contributed by atoms with Gasteiger partial charge in [-0.3, -0.25) is 9.78 Å². The topological polar surface area (TPSA) is 68.0 Å². The lowest BCUT2D eigenvalue weighted by atomic mass is 10.2. The molecule has 15 heavy (non-hydrogen) atoms. The highest BCUT2D eigenvalue weighted by Crippen LogP contribution is 2.01. The van der Waals surface area contributed by atoms with Gasteiger partial charge >= 0.3 is 0 Å².